The number of aryl methyl sites for hydroxylation is 2. The average molecular weight is 510 g/mol. The van der Waals surface area contributed by atoms with E-state index in [0.717, 1.165) is 60.2 Å². The minimum atomic E-state index is -4.33. The van der Waals surface area contributed by atoms with E-state index in [2.05, 4.69) is 11.4 Å². The van der Waals surface area contributed by atoms with Gasteiger partial charge in [0.1, 0.15) is 12.8 Å². The number of amides is 1. The van der Waals surface area contributed by atoms with Gasteiger partial charge < -0.3 is 5.32 Å². The molecule has 1 atom stereocenters. The van der Waals surface area contributed by atoms with Crippen molar-refractivity contribution in [2.24, 2.45) is 0 Å². The van der Waals surface area contributed by atoms with Crippen molar-refractivity contribution < 1.29 is 26.7 Å². The lowest BCUT2D eigenvalue weighted by Gasteiger charge is -2.25. The molecule has 36 heavy (non-hydrogen) atoms. The number of unbranched alkanes of at least 4 members (excludes halogenated alkanes) is 2. The van der Waals surface area contributed by atoms with Crippen LogP contribution in [0.3, 0.4) is 0 Å². The van der Waals surface area contributed by atoms with Crippen molar-refractivity contribution in [2.75, 3.05) is 12.0 Å². The number of nitrogens with one attached hydrogen (secondary N) is 1. The number of alkyl halides is 5. The van der Waals surface area contributed by atoms with E-state index >= 15 is 0 Å². The van der Waals surface area contributed by atoms with Crippen LogP contribution in [-0.2, 0) is 23.8 Å². The number of hydrogen-bond acceptors (Lipinski definition) is 1. The van der Waals surface area contributed by atoms with Gasteiger partial charge in [-0.1, -0.05) is 56.4 Å². The zero-order valence-electron chi connectivity index (χ0n) is 20.7. The first-order valence-corrected chi connectivity index (χ1v) is 13.0. The Morgan fingerprint density at radius 1 is 0.917 bits per heavy atom. The molecule has 0 aromatic heterocycles. The van der Waals surface area contributed by atoms with Crippen molar-refractivity contribution in [3.8, 4) is 0 Å². The van der Waals surface area contributed by atoms with E-state index in [9.17, 15) is 26.7 Å². The van der Waals surface area contributed by atoms with Crippen LogP contribution in [0, 0.1) is 0 Å². The maximum Gasteiger partial charge on any atom is 0.416 e. The number of benzene rings is 2. The molecule has 1 N–H and O–H groups in total. The average Bonchev–Trinajstić information content (AvgIpc) is 2.88. The smallest absolute Gasteiger partial charge is 0.326 e. The second kappa shape index (κ2) is 13.8. The summed E-state index contributed by atoms with van der Waals surface area (Å²) in [7, 11) is 0. The fourth-order valence-electron chi connectivity index (χ4n) is 4.90. The summed E-state index contributed by atoms with van der Waals surface area (Å²) in [6.45, 7) is -0.954. The summed E-state index contributed by atoms with van der Waals surface area (Å²) >= 11 is 0. The van der Waals surface area contributed by atoms with Gasteiger partial charge in [-0.25, -0.2) is 8.78 Å². The highest BCUT2D eigenvalue weighted by molar-refractivity contribution is 5.91. The van der Waals surface area contributed by atoms with Gasteiger partial charge in [0.25, 0.3) is 0 Å². The molecule has 1 unspecified atom stereocenters. The van der Waals surface area contributed by atoms with Crippen LogP contribution >= 0.6 is 0 Å². The Morgan fingerprint density at radius 3 is 2.25 bits per heavy atom. The molecule has 0 heterocycles. The molecular weight excluding hydrogens is 473 g/mol. The van der Waals surface area contributed by atoms with Crippen LogP contribution in [0.4, 0.5) is 27.6 Å². The Bertz CT molecular complexity index is 951. The van der Waals surface area contributed by atoms with Gasteiger partial charge in [0, 0.05) is 12.1 Å². The van der Waals surface area contributed by atoms with Crippen LogP contribution in [0.5, 0.6) is 0 Å². The molecule has 3 rings (SSSR count). The molecule has 198 valence electrons. The Morgan fingerprint density at radius 2 is 1.58 bits per heavy atom. The molecule has 1 amide bonds. The summed E-state index contributed by atoms with van der Waals surface area (Å²) in [6, 6.07) is 11.4. The zero-order chi connectivity index (χ0) is 26.0. The van der Waals surface area contributed by atoms with E-state index in [0.29, 0.717) is 44.4 Å². The molecule has 2 nitrogen and oxygen atoms in total. The molecule has 1 aliphatic rings. The van der Waals surface area contributed by atoms with E-state index in [4.69, 9.17) is 0 Å². The second-order valence-corrected chi connectivity index (χ2v) is 9.85. The predicted molar refractivity (Wildman–Crippen MR) is 134 cm³/mol. The molecule has 2 aromatic rings. The minimum absolute atomic E-state index is 0.0770. The summed E-state index contributed by atoms with van der Waals surface area (Å²) in [5.41, 5.74) is 3.27. The number of anilines is 1. The van der Waals surface area contributed by atoms with Crippen LogP contribution < -0.4 is 5.32 Å². The summed E-state index contributed by atoms with van der Waals surface area (Å²) in [5.74, 6) is 0.300. The Balaban J connectivity index is 1.61. The Labute approximate surface area is 210 Å². The van der Waals surface area contributed by atoms with Gasteiger partial charge in [0.15, 0.2) is 0 Å². The first-order chi connectivity index (χ1) is 17.3. The highest BCUT2D eigenvalue weighted by Crippen LogP contribution is 2.37. The number of hydrogen-bond donors (Lipinski definition) is 1. The van der Waals surface area contributed by atoms with Crippen molar-refractivity contribution in [2.45, 2.75) is 95.3 Å². The van der Waals surface area contributed by atoms with Crippen molar-refractivity contribution in [1.29, 1.82) is 0 Å². The van der Waals surface area contributed by atoms with E-state index in [1.165, 1.54) is 18.6 Å². The van der Waals surface area contributed by atoms with E-state index in [-0.39, 0.29) is 12.3 Å². The van der Waals surface area contributed by atoms with Crippen molar-refractivity contribution >= 4 is 11.6 Å². The van der Waals surface area contributed by atoms with Gasteiger partial charge in [-0.05, 0) is 79.3 Å². The largest absolute Gasteiger partial charge is 0.416 e. The van der Waals surface area contributed by atoms with E-state index < -0.39 is 24.6 Å². The molecule has 1 aliphatic carbocycles. The maximum atomic E-state index is 13.0. The molecule has 0 spiro atoms. The molecule has 0 aliphatic heterocycles. The SMILES string of the molecule is O=C(CCCCCC(F)CF)Nc1ccc(CCc2ccc(C(F)(F)F)cc2)cc1C1CCCCC1. The lowest BCUT2D eigenvalue weighted by molar-refractivity contribution is -0.137. The normalized spacial score (nSPS) is 15.6. The molecule has 1 fully saturated rings. The lowest BCUT2D eigenvalue weighted by Crippen LogP contribution is -2.15. The Kier molecular flexibility index (Phi) is 10.7. The summed E-state index contributed by atoms with van der Waals surface area (Å²) in [5, 5.41) is 3.06. The lowest BCUT2D eigenvalue weighted by atomic mass is 9.82. The summed E-state index contributed by atoms with van der Waals surface area (Å²) < 4.78 is 63.6. The summed E-state index contributed by atoms with van der Waals surface area (Å²) in [6.07, 6.45) is 3.69. The molecular formula is C29H36F5NO. The highest BCUT2D eigenvalue weighted by Gasteiger charge is 2.29. The van der Waals surface area contributed by atoms with Crippen LogP contribution in [0.1, 0.15) is 92.4 Å². The molecule has 7 heteroatoms. The number of rotatable bonds is 12. The molecule has 0 radical (unpaired) electrons. The number of halogens is 5. The van der Waals surface area contributed by atoms with Gasteiger partial charge >= 0.3 is 6.18 Å². The molecule has 0 bridgehead atoms. The molecule has 1 saturated carbocycles. The first-order valence-electron chi connectivity index (χ1n) is 13.0. The third-order valence-corrected chi connectivity index (χ3v) is 7.01. The number of carbonyl (C=O) groups is 1. The molecule has 2 aromatic carbocycles. The maximum absolute atomic E-state index is 13.0. The second-order valence-electron chi connectivity index (χ2n) is 9.85. The van der Waals surface area contributed by atoms with Crippen molar-refractivity contribution in [3.05, 3.63) is 64.7 Å². The van der Waals surface area contributed by atoms with E-state index in [1.54, 1.807) is 0 Å². The van der Waals surface area contributed by atoms with Gasteiger partial charge in [-0.2, -0.15) is 13.2 Å². The highest BCUT2D eigenvalue weighted by atomic mass is 19.4. The third-order valence-electron chi connectivity index (χ3n) is 7.01. The van der Waals surface area contributed by atoms with Gasteiger partial charge in [0.05, 0.1) is 5.56 Å². The zero-order valence-corrected chi connectivity index (χ0v) is 20.7. The summed E-state index contributed by atoms with van der Waals surface area (Å²) in [4.78, 5) is 12.6. The van der Waals surface area contributed by atoms with Gasteiger partial charge in [-0.3, -0.25) is 4.79 Å². The topological polar surface area (TPSA) is 29.1 Å². The van der Waals surface area contributed by atoms with Crippen LogP contribution in [-0.4, -0.2) is 18.8 Å². The fourth-order valence-corrected chi connectivity index (χ4v) is 4.90. The van der Waals surface area contributed by atoms with Crippen LogP contribution in [0.15, 0.2) is 42.5 Å². The van der Waals surface area contributed by atoms with Crippen LogP contribution in [0.2, 0.25) is 0 Å². The van der Waals surface area contributed by atoms with Gasteiger partial charge in [-0.15, -0.1) is 0 Å². The quantitative estimate of drug-likeness (QED) is 0.225. The van der Waals surface area contributed by atoms with E-state index in [1.807, 2.05) is 12.1 Å². The Hall–Kier alpha value is -2.44. The monoisotopic (exact) mass is 509 g/mol. The standard InChI is InChI=1S/C29H36F5NO/c30-20-25(31)9-5-2-6-10-28(36)35-27-18-15-22(19-26(27)23-7-3-1-4-8-23)12-11-21-13-16-24(17-14-21)29(32,33)34/h13-19,23,25H,1-12,20H2,(H,35,36). The minimum Gasteiger partial charge on any atom is -0.326 e. The number of carbonyl (C=O) groups excluding carboxylic acids is 1. The van der Waals surface area contributed by atoms with Crippen molar-refractivity contribution in [3.63, 3.8) is 0 Å². The van der Waals surface area contributed by atoms with Crippen LogP contribution in [0.25, 0.3) is 0 Å². The predicted octanol–water partition coefficient (Wildman–Crippen LogP) is 8.73. The molecule has 0 saturated heterocycles. The van der Waals surface area contributed by atoms with Gasteiger partial charge in [0.2, 0.25) is 5.91 Å². The third kappa shape index (κ3) is 8.90. The fraction of sp³-hybridized carbons (Fsp3) is 0.552. The first kappa shape index (κ1) is 28.1. The van der Waals surface area contributed by atoms with Crippen molar-refractivity contribution in [1.82, 2.24) is 0 Å².